The number of hydrogen-bond donors (Lipinski definition) is 2. The number of fused-ring (bicyclic) bond motifs is 1. The molecule has 180 valence electrons. The lowest BCUT2D eigenvalue weighted by Crippen LogP contribution is -2.16. The highest BCUT2D eigenvalue weighted by Crippen LogP contribution is 2.30. The average Bonchev–Trinajstić information content (AvgIpc) is 3.30. The molecule has 2 N–H and O–H groups in total. The molecule has 2 aromatic heterocycles. The molecule has 6 nitrogen and oxygen atoms in total. The Morgan fingerprint density at radius 2 is 1.67 bits per heavy atom. The van der Waals surface area contributed by atoms with Gasteiger partial charge in [-0.05, 0) is 48.0 Å². The van der Waals surface area contributed by atoms with E-state index in [1.165, 1.54) is 30.5 Å². The maximum absolute atomic E-state index is 15.4. The summed E-state index contributed by atoms with van der Waals surface area (Å²) in [6, 6.07) is 17.7. The highest BCUT2D eigenvalue weighted by atomic mass is 35.5. The number of carbonyl (C=O) groups excluding carboxylic acids is 1. The van der Waals surface area contributed by atoms with E-state index < -0.39 is 38.7 Å². The maximum atomic E-state index is 15.4. The molecule has 0 amide bonds. The third-order valence-electron chi connectivity index (χ3n) is 5.57. The molecule has 0 saturated carbocycles. The molecule has 0 aliphatic rings. The first kappa shape index (κ1) is 23.7. The fraction of sp³-hybridized carbons (Fsp3) is 0. The molecule has 0 fully saturated rings. The summed E-state index contributed by atoms with van der Waals surface area (Å²) in [5, 5.41) is 0.903. The number of carbonyl (C=O) groups is 1. The van der Waals surface area contributed by atoms with E-state index >= 15 is 4.39 Å². The van der Waals surface area contributed by atoms with Crippen molar-refractivity contribution in [3.63, 3.8) is 0 Å². The molecule has 5 aromatic rings. The van der Waals surface area contributed by atoms with Crippen molar-refractivity contribution in [2.45, 2.75) is 4.90 Å². The Morgan fingerprint density at radius 1 is 0.944 bits per heavy atom. The molecule has 0 atom stereocenters. The smallest absolute Gasteiger partial charge is 0.261 e. The Balaban J connectivity index is 1.55. The second-order valence-corrected chi connectivity index (χ2v) is 9.98. The van der Waals surface area contributed by atoms with E-state index in [-0.39, 0.29) is 10.5 Å². The summed E-state index contributed by atoms with van der Waals surface area (Å²) >= 11 is 5.95. The summed E-state index contributed by atoms with van der Waals surface area (Å²) in [5.41, 5.74) is 0.331. The number of aromatic amines is 1. The topological polar surface area (TPSA) is 91.9 Å². The molecule has 0 saturated heterocycles. The van der Waals surface area contributed by atoms with Crippen LogP contribution in [0.4, 0.5) is 14.5 Å². The van der Waals surface area contributed by atoms with Crippen LogP contribution in [0.25, 0.3) is 22.2 Å². The Labute approximate surface area is 209 Å². The van der Waals surface area contributed by atoms with Gasteiger partial charge in [0, 0.05) is 33.9 Å². The molecule has 2 heterocycles. The van der Waals surface area contributed by atoms with Crippen LogP contribution in [0.2, 0.25) is 5.02 Å². The zero-order valence-electron chi connectivity index (χ0n) is 18.3. The van der Waals surface area contributed by atoms with E-state index in [2.05, 4.69) is 14.7 Å². The van der Waals surface area contributed by atoms with Gasteiger partial charge in [-0.15, -0.1) is 0 Å². The number of ketones is 1. The van der Waals surface area contributed by atoms with Gasteiger partial charge in [-0.2, -0.15) is 0 Å². The number of H-pyrrole nitrogens is 1. The van der Waals surface area contributed by atoms with E-state index in [9.17, 15) is 17.6 Å². The van der Waals surface area contributed by atoms with Gasteiger partial charge in [0.05, 0.1) is 16.1 Å². The second-order valence-electron chi connectivity index (χ2n) is 7.86. The Morgan fingerprint density at radius 3 is 2.39 bits per heavy atom. The Kier molecular flexibility index (Phi) is 6.03. The molecule has 0 radical (unpaired) electrons. The minimum atomic E-state index is -4.17. The number of aromatic nitrogens is 2. The lowest BCUT2D eigenvalue weighted by Gasteiger charge is -2.12. The predicted octanol–water partition coefficient (Wildman–Crippen LogP) is 6.19. The van der Waals surface area contributed by atoms with Crippen LogP contribution in [-0.4, -0.2) is 24.2 Å². The molecule has 0 bridgehead atoms. The van der Waals surface area contributed by atoms with Crippen LogP contribution >= 0.6 is 11.6 Å². The van der Waals surface area contributed by atoms with E-state index in [4.69, 9.17) is 11.6 Å². The molecule has 0 aliphatic heterocycles. The number of nitrogens with one attached hydrogen (secondary N) is 2. The average molecular weight is 524 g/mol. The van der Waals surface area contributed by atoms with Crippen LogP contribution in [0.1, 0.15) is 15.9 Å². The number of hydrogen-bond acceptors (Lipinski definition) is 4. The summed E-state index contributed by atoms with van der Waals surface area (Å²) < 4.78 is 57.5. The maximum Gasteiger partial charge on any atom is 0.261 e. The van der Waals surface area contributed by atoms with Crippen LogP contribution in [0.15, 0.2) is 90.1 Å². The van der Waals surface area contributed by atoms with Gasteiger partial charge in [0.1, 0.15) is 11.5 Å². The first-order chi connectivity index (χ1) is 17.2. The number of sulfonamides is 1. The number of halogens is 3. The van der Waals surface area contributed by atoms with Gasteiger partial charge < -0.3 is 4.98 Å². The monoisotopic (exact) mass is 523 g/mol. The van der Waals surface area contributed by atoms with Crippen molar-refractivity contribution >= 4 is 44.1 Å². The molecular weight excluding hydrogens is 508 g/mol. The van der Waals surface area contributed by atoms with Gasteiger partial charge in [0.15, 0.2) is 5.82 Å². The van der Waals surface area contributed by atoms with Gasteiger partial charge in [-0.1, -0.05) is 41.9 Å². The lowest BCUT2D eigenvalue weighted by atomic mass is 10.00. The van der Waals surface area contributed by atoms with Gasteiger partial charge in [0.25, 0.3) is 10.0 Å². The molecule has 0 aliphatic carbocycles. The van der Waals surface area contributed by atoms with Crippen LogP contribution in [0, 0.1) is 11.6 Å². The number of nitrogens with zero attached hydrogens (tertiary/aromatic N) is 1. The summed E-state index contributed by atoms with van der Waals surface area (Å²) in [5.74, 6) is -3.42. The minimum absolute atomic E-state index is 0.0193. The highest BCUT2D eigenvalue weighted by Gasteiger charge is 2.26. The molecule has 5 rings (SSSR count). The first-order valence-corrected chi connectivity index (χ1v) is 12.4. The summed E-state index contributed by atoms with van der Waals surface area (Å²) in [6.07, 6.45) is 2.90. The SMILES string of the molecule is O=C(c1c(F)ccc(NS(=O)(=O)c2ccccc2)c1F)c1c[nH]c2ncc(-c3ccc(Cl)cc3)cc12. The minimum Gasteiger partial charge on any atom is -0.345 e. The van der Waals surface area contributed by atoms with Crippen molar-refractivity contribution in [1.29, 1.82) is 0 Å². The predicted molar refractivity (Wildman–Crippen MR) is 134 cm³/mol. The zero-order valence-corrected chi connectivity index (χ0v) is 19.9. The third-order valence-corrected chi connectivity index (χ3v) is 7.20. The summed E-state index contributed by atoms with van der Waals surface area (Å²) in [4.78, 5) is 20.3. The van der Waals surface area contributed by atoms with Crippen molar-refractivity contribution in [3.05, 3.63) is 113 Å². The summed E-state index contributed by atoms with van der Waals surface area (Å²) in [7, 11) is -4.17. The van der Waals surface area contributed by atoms with E-state index in [1.807, 2.05) is 0 Å². The molecule has 10 heteroatoms. The van der Waals surface area contributed by atoms with Crippen LogP contribution in [0.3, 0.4) is 0 Å². The van der Waals surface area contributed by atoms with Crippen molar-refractivity contribution in [1.82, 2.24) is 9.97 Å². The van der Waals surface area contributed by atoms with Crippen molar-refractivity contribution in [3.8, 4) is 11.1 Å². The third kappa shape index (κ3) is 4.34. The molecule has 0 spiro atoms. The van der Waals surface area contributed by atoms with Crippen LogP contribution in [0.5, 0.6) is 0 Å². The van der Waals surface area contributed by atoms with Gasteiger partial charge in [0.2, 0.25) is 5.78 Å². The summed E-state index contributed by atoms with van der Waals surface area (Å²) in [6.45, 7) is 0. The second kappa shape index (κ2) is 9.18. The number of rotatable bonds is 6. The highest BCUT2D eigenvalue weighted by molar-refractivity contribution is 7.92. The Hall–Kier alpha value is -4.08. The number of anilines is 1. The van der Waals surface area contributed by atoms with Gasteiger partial charge in [-0.25, -0.2) is 22.2 Å². The van der Waals surface area contributed by atoms with Gasteiger partial charge >= 0.3 is 0 Å². The van der Waals surface area contributed by atoms with Crippen LogP contribution in [-0.2, 0) is 10.0 Å². The Bertz CT molecular complexity index is 1720. The van der Waals surface area contributed by atoms with Crippen LogP contribution < -0.4 is 4.72 Å². The van der Waals surface area contributed by atoms with Crippen molar-refractivity contribution in [2.24, 2.45) is 0 Å². The molecule has 0 unspecified atom stereocenters. The quantitative estimate of drug-likeness (QED) is 0.259. The van der Waals surface area contributed by atoms with Crippen molar-refractivity contribution in [2.75, 3.05) is 4.72 Å². The molecular formula is C26H16ClF2N3O3S. The lowest BCUT2D eigenvalue weighted by molar-refractivity contribution is 0.103. The van der Waals surface area contributed by atoms with Gasteiger partial charge in [-0.3, -0.25) is 9.52 Å². The zero-order chi connectivity index (χ0) is 25.4. The van der Waals surface area contributed by atoms with E-state index in [1.54, 1.807) is 42.6 Å². The fourth-order valence-corrected chi connectivity index (χ4v) is 4.98. The largest absolute Gasteiger partial charge is 0.345 e. The standard InChI is InChI=1S/C26H16ClF2N3O3S/c27-17-8-6-15(7-9-17)16-12-19-20(14-31-26(19)30-13-16)25(33)23-21(28)10-11-22(24(23)29)32-36(34,35)18-4-2-1-3-5-18/h1-14,32H,(H,30,31). The van der Waals surface area contributed by atoms with E-state index in [0.29, 0.717) is 21.6 Å². The fourth-order valence-electron chi connectivity index (χ4n) is 3.77. The molecule has 36 heavy (non-hydrogen) atoms. The normalized spacial score (nSPS) is 11.5. The van der Waals surface area contributed by atoms with E-state index in [0.717, 1.165) is 17.7 Å². The van der Waals surface area contributed by atoms with Crippen molar-refractivity contribution < 1.29 is 22.0 Å². The number of benzene rings is 3. The first-order valence-electron chi connectivity index (χ1n) is 10.6. The number of pyridine rings is 1. The molecule has 3 aromatic carbocycles.